The van der Waals surface area contributed by atoms with Crippen LogP contribution < -0.4 is 4.90 Å². The van der Waals surface area contributed by atoms with E-state index in [-0.39, 0.29) is 19.6 Å². The molecule has 0 spiro atoms. The molecule has 1 aromatic carbocycles. The maximum atomic E-state index is 11.9. The lowest BCUT2D eigenvalue weighted by Gasteiger charge is -2.16. The fraction of sp³-hybridized carbons (Fsp3) is 0.385. The monoisotopic (exact) mass is 365 g/mol. The van der Waals surface area contributed by atoms with Crippen molar-refractivity contribution in [1.29, 1.82) is 0 Å². The highest BCUT2D eigenvalue weighted by Crippen LogP contribution is 2.31. The van der Waals surface area contributed by atoms with Crippen molar-refractivity contribution in [2.75, 3.05) is 24.7 Å². The van der Waals surface area contributed by atoms with Crippen molar-refractivity contribution >= 4 is 33.3 Å². The number of ketones is 1. The third-order valence-corrected chi connectivity index (χ3v) is 3.36. The normalized spacial score (nSPS) is 14.8. The minimum Gasteiger partial charge on any atom is -0.372 e. The number of carbonyl (C=O) groups excluding carboxylic acids is 2. The summed E-state index contributed by atoms with van der Waals surface area (Å²) in [6.07, 6.45) is -4.15. The number of carbonyl (C=O) groups is 2. The van der Waals surface area contributed by atoms with Crippen molar-refractivity contribution in [3.8, 4) is 0 Å². The fourth-order valence-electron chi connectivity index (χ4n) is 2.01. The average Bonchev–Trinajstić information content (AvgIpc) is 2.62. The van der Waals surface area contributed by atoms with Gasteiger partial charge in [0.25, 0.3) is 11.7 Å². The lowest BCUT2D eigenvalue weighted by Crippen LogP contribution is -2.31. The molecule has 1 amide bonds. The second-order valence-corrected chi connectivity index (χ2v) is 5.38. The molecule has 0 aliphatic carbocycles. The maximum Gasteiger partial charge on any atom is 0.411 e. The highest BCUT2D eigenvalue weighted by Gasteiger charge is 2.35. The summed E-state index contributed by atoms with van der Waals surface area (Å²) in [5, 5.41) is 0. The predicted molar refractivity (Wildman–Crippen MR) is 72.3 cm³/mol. The molecular weight excluding hydrogens is 355 g/mol. The molecular formula is C13H11BrF3NO3. The van der Waals surface area contributed by atoms with Crippen molar-refractivity contribution in [1.82, 2.24) is 0 Å². The standard InChI is InChI=1S/C13H11BrF3NO3/c14-8-2-3-10-9(6-8)11(19)12(20)18(10)4-1-5-21-7-13(15,16)17/h2-3,6H,1,4-5,7H2. The molecule has 2 rings (SSSR count). The Morgan fingerprint density at radius 3 is 2.62 bits per heavy atom. The Bertz CT molecular complexity index is 574. The molecule has 8 heteroatoms. The molecule has 0 saturated carbocycles. The lowest BCUT2D eigenvalue weighted by molar-refractivity contribution is -0.173. The van der Waals surface area contributed by atoms with Crippen LogP contribution >= 0.6 is 15.9 Å². The van der Waals surface area contributed by atoms with E-state index >= 15 is 0 Å². The molecule has 1 aliphatic rings. The van der Waals surface area contributed by atoms with E-state index in [1.165, 1.54) is 4.90 Å². The van der Waals surface area contributed by atoms with E-state index < -0.39 is 24.5 Å². The number of halogens is 4. The summed E-state index contributed by atoms with van der Waals surface area (Å²) in [4.78, 5) is 24.9. The average molecular weight is 366 g/mol. The summed E-state index contributed by atoms with van der Waals surface area (Å²) in [5.74, 6) is -1.28. The first kappa shape index (κ1) is 16.0. The van der Waals surface area contributed by atoms with Crippen LogP contribution in [0.25, 0.3) is 0 Å². The molecule has 114 valence electrons. The van der Waals surface area contributed by atoms with Gasteiger partial charge in [0.1, 0.15) is 6.61 Å². The molecule has 1 heterocycles. The van der Waals surface area contributed by atoms with Crippen molar-refractivity contribution in [2.45, 2.75) is 12.6 Å². The van der Waals surface area contributed by atoms with Crippen LogP contribution in [-0.2, 0) is 9.53 Å². The van der Waals surface area contributed by atoms with Gasteiger partial charge in [0.2, 0.25) is 0 Å². The van der Waals surface area contributed by atoms with Gasteiger partial charge >= 0.3 is 6.18 Å². The number of hydrogen-bond donors (Lipinski definition) is 0. The van der Waals surface area contributed by atoms with Crippen LogP contribution in [0.2, 0.25) is 0 Å². The summed E-state index contributed by atoms with van der Waals surface area (Å²) in [7, 11) is 0. The number of rotatable bonds is 5. The Morgan fingerprint density at radius 2 is 1.95 bits per heavy atom. The summed E-state index contributed by atoms with van der Waals surface area (Å²) < 4.78 is 40.8. The molecule has 0 radical (unpaired) electrons. The zero-order valence-corrected chi connectivity index (χ0v) is 12.3. The number of Topliss-reactive ketones (excluding diaryl/α,β-unsaturated/α-hetero) is 1. The molecule has 1 aliphatic heterocycles. The molecule has 0 fully saturated rings. The molecule has 1 aromatic rings. The van der Waals surface area contributed by atoms with Gasteiger partial charge in [0.05, 0.1) is 11.3 Å². The zero-order valence-electron chi connectivity index (χ0n) is 10.7. The Hall–Kier alpha value is -1.41. The Balaban J connectivity index is 1.93. The van der Waals surface area contributed by atoms with Gasteiger partial charge in [-0.2, -0.15) is 13.2 Å². The fourth-order valence-corrected chi connectivity index (χ4v) is 2.37. The van der Waals surface area contributed by atoms with Crippen LogP contribution in [0.1, 0.15) is 16.8 Å². The van der Waals surface area contributed by atoms with Crippen LogP contribution in [0.5, 0.6) is 0 Å². The summed E-state index contributed by atoms with van der Waals surface area (Å²) in [6, 6.07) is 4.87. The van der Waals surface area contributed by atoms with Gasteiger partial charge in [0.15, 0.2) is 0 Å². The molecule has 0 atom stereocenters. The number of fused-ring (bicyclic) bond motifs is 1. The second-order valence-electron chi connectivity index (χ2n) is 4.47. The molecule has 0 saturated heterocycles. The minimum atomic E-state index is -4.36. The Kier molecular flexibility index (Phi) is 4.67. The van der Waals surface area contributed by atoms with E-state index in [0.717, 1.165) is 0 Å². The van der Waals surface area contributed by atoms with Crippen LogP contribution in [0.4, 0.5) is 18.9 Å². The molecule has 0 bridgehead atoms. The van der Waals surface area contributed by atoms with Gasteiger partial charge in [0, 0.05) is 17.6 Å². The SMILES string of the molecule is O=C1C(=O)N(CCCOCC(F)(F)F)c2ccc(Br)cc21. The van der Waals surface area contributed by atoms with E-state index in [0.29, 0.717) is 15.7 Å². The molecule has 21 heavy (non-hydrogen) atoms. The third-order valence-electron chi connectivity index (χ3n) is 2.87. The van der Waals surface area contributed by atoms with Gasteiger partial charge in [-0.3, -0.25) is 9.59 Å². The summed E-state index contributed by atoms with van der Waals surface area (Å²) >= 11 is 3.22. The number of alkyl halides is 3. The van der Waals surface area contributed by atoms with Crippen LogP contribution in [0, 0.1) is 0 Å². The number of benzene rings is 1. The number of anilines is 1. The number of ether oxygens (including phenoxy) is 1. The van der Waals surface area contributed by atoms with E-state index in [4.69, 9.17) is 0 Å². The van der Waals surface area contributed by atoms with Crippen LogP contribution in [-0.4, -0.2) is 37.6 Å². The molecule has 0 aromatic heterocycles. The highest BCUT2D eigenvalue weighted by atomic mass is 79.9. The maximum absolute atomic E-state index is 11.9. The second kappa shape index (κ2) is 6.15. The number of hydrogen-bond acceptors (Lipinski definition) is 3. The van der Waals surface area contributed by atoms with E-state index in [9.17, 15) is 22.8 Å². The van der Waals surface area contributed by atoms with Crippen LogP contribution in [0.15, 0.2) is 22.7 Å². The third kappa shape index (κ3) is 3.82. The first-order chi connectivity index (χ1) is 9.79. The first-order valence-electron chi connectivity index (χ1n) is 6.10. The number of amides is 1. The van der Waals surface area contributed by atoms with Crippen molar-refractivity contribution in [3.05, 3.63) is 28.2 Å². The lowest BCUT2D eigenvalue weighted by atomic mass is 10.1. The smallest absolute Gasteiger partial charge is 0.372 e. The van der Waals surface area contributed by atoms with Gasteiger partial charge in [-0.25, -0.2) is 0 Å². The van der Waals surface area contributed by atoms with Crippen molar-refractivity contribution in [2.24, 2.45) is 0 Å². The molecule has 0 N–H and O–H groups in total. The van der Waals surface area contributed by atoms with Gasteiger partial charge in [-0.05, 0) is 24.6 Å². The quantitative estimate of drug-likeness (QED) is 0.595. The predicted octanol–water partition coefficient (Wildman–Crippen LogP) is 2.95. The van der Waals surface area contributed by atoms with E-state index in [2.05, 4.69) is 20.7 Å². The van der Waals surface area contributed by atoms with Crippen LogP contribution in [0.3, 0.4) is 0 Å². The van der Waals surface area contributed by atoms with Gasteiger partial charge < -0.3 is 9.64 Å². The highest BCUT2D eigenvalue weighted by molar-refractivity contribution is 9.10. The molecule has 0 unspecified atom stereocenters. The van der Waals surface area contributed by atoms with Gasteiger partial charge in [-0.15, -0.1) is 0 Å². The Morgan fingerprint density at radius 1 is 1.24 bits per heavy atom. The molecule has 4 nitrogen and oxygen atoms in total. The summed E-state index contributed by atoms with van der Waals surface area (Å²) in [5.41, 5.74) is 0.773. The summed E-state index contributed by atoms with van der Waals surface area (Å²) in [6.45, 7) is -1.32. The zero-order chi connectivity index (χ0) is 15.6. The van der Waals surface area contributed by atoms with Crippen molar-refractivity contribution < 1.29 is 27.5 Å². The minimum absolute atomic E-state index is 0.136. The topological polar surface area (TPSA) is 46.6 Å². The van der Waals surface area contributed by atoms with E-state index in [1.807, 2.05) is 0 Å². The largest absolute Gasteiger partial charge is 0.411 e. The first-order valence-corrected chi connectivity index (χ1v) is 6.89. The van der Waals surface area contributed by atoms with Crippen molar-refractivity contribution in [3.63, 3.8) is 0 Å². The van der Waals surface area contributed by atoms with Gasteiger partial charge in [-0.1, -0.05) is 15.9 Å². The van der Waals surface area contributed by atoms with E-state index in [1.54, 1.807) is 18.2 Å². The number of nitrogens with zero attached hydrogens (tertiary/aromatic N) is 1. The Labute approximate surface area is 127 Å².